The van der Waals surface area contributed by atoms with Crippen molar-refractivity contribution in [1.82, 2.24) is 3.11 Å². The smallest absolute Gasteiger partial charge is 0.0291 e. The van der Waals surface area contributed by atoms with Gasteiger partial charge < -0.3 is 5.73 Å². The van der Waals surface area contributed by atoms with Gasteiger partial charge in [-0.1, -0.05) is 25.0 Å². The van der Waals surface area contributed by atoms with Crippen LogP contribution in [-0.2, 0) is 0 Å². The highest BCUT2D eigenvalue weighted by atomic mass is 127. The van der Waals surface area contributed by atoms with Gasteiger partial charge in [-0.15, -0.1) is 0 Å². The SMILES string of the molecule is CC/C(C)=C(/C)CN(I)CC(C)CCN. The van der Waals surface area contributed by atoms with Crippen LogP contribution in [0.25, 0.3) is 0 Å². The van der Waals surface area contributed by atoms with Crippen molar-refractivity contribution in [2.45, 2.75) is 40.5 Å². The number of allylic oxidation sites excluding steroid dienone is 1. The summed E-state index contributed by atoms with van der Waals surface area (Å²) in [6.07, 6.45) is 2.28. The van der Waals surface area contributed by atoms with Gasteiger partial charge in [-0.3, -0.25) is 0 Å². The largest absolute Gasteiger partial charge is 0.330 e. The Labute approximate surface area is 109 Å². The maximum atomic E-state index is 5.55. The maximum Gasteiger partial charge on any atom is 0.0291 e. The molecule has 0 fully saturated rings. The Hall–Kier alpha value is 0.390. The number of nitrogens with zero attached hydrogens (tertiary/aromatic N) is 1. The van der Waals surface area contributed by atoms with E-state index >= 15 is 0 Å². The summed E-state index contributed by atoms with van der Waals surface area (Å²) in [5.41, 5.74) is 8.57. The van der Waals surface area contributed by atoms with E-state index in [1.165, 1.54) is 11.1 Å². The molecule has 0 aromatic carbocycles. The second kappa shape index (κ2) is 8.53. The van der Waals surface area contributed by atoms with Crippen LogP contribution in [0.5, 0.6) is 0 Å². The Morgan fingerprint density at radius 3 is 2.40 bits per heavy atom. The minimum atomic E-state index is 0.696. The molecule has 90 valence electrons. The number of halogens is 1. The summed E-state index contributed by atoms with van der Waals surface area (Å²) in [4.78, 5) is 0. The average molecular weight is 324 g/mol. The van der Waals surface area contributed by atoms with E-state index in [2.05, 4.69) is 53.7 Å². The molecule has 0 aromatic rings. The second-order valence-corrected chi connectivity index (χ2v) is 5.76. The van der Waals surface area contributed by atoms with Gasteiger partial charge in [0.1, 0.15) is 0 Å². The molecule has 0 rings (SSSR count). The van der Waals surface area contributed by atoms with Gasteiger partial charge in [-0.2, -0.15) is 0 Å². The van der Waals surface area contributed by atoms with Crippen molar-refractivity contribution in [3.8, 4) is 0 Å². The highest BCUT2D eigenvalue weighted by Crippen LogP contribution is 2.14. The van der Waals surface area contributed by atoms with Crippen molar-refractivity contribution in [3.05, 3.63) is 11.1 Å². The molecule has 0 heterocycles. The molecule has 0 bridgehead atoms. The molecular formula is C12H25IN2. The molecule has 0 spiro atoms. The van der Waals surface area contributed by atoms with E-state index in [1.54, 1.807) is 0 Å². The Bertz CT molecular complexity index is 202. The zero-order valence-corrected chi connectivity index (χ0v) is 12.7. The van der Waals surface area contributed by atoms with Crippen LogP contribution in [0, 0.1) is 5.92 Å². The summed E-state index contributed by atoms with van der Waals surface area (Å²) in [5, 5.41) is 0. The second-order valence-electron chi connectivity index (χ2n) is 4.40. The number of hydrogen-bond donors (Lipinski definition) is 1. The summed E-state index contributed by atoms with van der Waals surface area (Å²) in [6, 6.07) is 0. The lowest BCUT2D eigenvalue weighted by Crippen LogP contribution is -2.22. The van der Waals surface area contributed by atoms with E-state index < -0.39 is 0 Å². The van der Waals surface area contributed by atoms with Crippen molar-refractivity contribution in [2.75, 3.05) is 19.6 Å². The van der Waals surface area contributed by atoms with Gasteiger partial charge in [0.05, 0.1) is 0 Å². The lowest BCUT2D eigenvalue weighted by atomic mass is 10.1. The molecule has 1 atom stereocenters. The Kier molecular flexibility index (Phi) is 8.75. The molecule has 0 saturated carbocycles. The van der Waals surface area contributed by atoms with Gasteiger partial charge in [0, 0.05) is 36.0 Å². The van der Waals surface area contributed by atoms with E-state index in [1.807, 2.05) is 0 Å². The standard InChI is InChI=1S/C12H25IN2/c1-5-11(3)12(4)9-15(13)8-10(2)6-7-14/h10H,5-9,14H2,1-4H3/b12-11-. The monoisotopic (exact) mass is 324 g/mol. The predicted molar refractivity (Wildman–Crippen MR) is 77.1 cm³/mol. The molecule has 0 aliphatic rings. The van der Waals surface area contributed by atoms with Gasteiger partial charge in [0.25, 0.3) is 0 Å². The number of hydrogen-bond acceptors (Lipinski definition) is 2. The van der Waals surface area contributed by atoms with Crippen LogP contribution in [0.4, 0.5) is 0 Å². The molecule has 0 saturated heterocycles. The van der Waals surface area contributed by atoms with Crippen LogP contribution in [0.1, 0.15) is 40.5 Å². The minimum absolute atomic E-state index is 0.696. The molecule has 0 aliphatic heterocycles. The molecule has 0 amide bonds. The molecular weight excluding hydrogens is 299 g/mol. The van der Waals surface area contributed by atoms with Crippen molar-refractivity contribution >= 4 is 22.9 Å². The maximum absolute atomic E-state index is 5.55. The molecule has 3 heteroatoms. The fourth-order valence-electron chi connectivity index (χ4n) is 1.47. The third-order valence-corrected chi connectivity index (χ3v) is 3.57. The molecule has 15 heavy (non-hydrogen) atoms. The van der Waals surface area contributed by atoms with Gasteiger partial charge in [0.2, 0.25) is 0 Å². The van der Waals surface area contributed by atoms with Gasteiger partial charge >= 0.3 is 0 Å². The summed E-state index contributed by atoms with van der Waals surface area (Å²) in [7, 11) is 0. The van der Waals surface area contributed by atoms with Gasteiger partial charge in [0.15, 0.2) is 0 Å². The zero-order chi connectivity index (χ0) is 11.8. The number of nitrogens with two attached hydrogens (primary N) is 1. The van der Waals surface area contributed by atoms with Crippen molar-refractivity contribution in [1.29, 1.82) is 0 Å². The molecule has 0 radical (unpaired) electrons. The fraction of sp³-hybridized carbons (Fsp3) is 0.833. The molecule has 0 aromatic heterocycles. The molecule has 1 unspecified atom stereocenters. The van der Waals surface area contributed by atoms with E-state index in [-0.39, 0.29) is 0 Å². The molecule has 0 aliphatic carbocycles. The minimum Gasteiger partial charge on any atom is -0.330 e. The highest BCUT2D eigenvalue weighted by Gasteiger charge is 2.08. The lowest BCUT2D eigenvalue weighted by molar-refractivity contribution is 0.416. The fourth-order valence-corrected chi connectivity index (χ4v) is 2.66. The Morgan fingerprint density at radius 2 is 1.93 bits per heavy atom. The van der Waals surface area contributed by atoms with E-state index in [9.17, 15) is 0 Å². The zero-order valence-electron chi connectivity index (χ0n) is 10.5. The third kappa shape index (κ3) is 7.30. The first-order valence-electron chi connectivity index (χ1n) is 5.77. The highest BCUT2D eigenvalue weighted by molar-refractivity contribution is 14.1. The molecule has 2 N–H and O–H groups in total. The Morgan fingerprint density at radius 1 is 1.33 bits per heavy atom. The summed E-state index contributed by atoms with van der Waals surface area (Å²) >= 11 is 2.42. The predicted octanol–water partition coefficient (Wildman–Crippen LogP) is 3.37. The van der Waals surface area contributed by atoms with Gasteiger partial charge in [-0.25, -0.2) is 3.11 Å². The van der Waals surface area contributed by atoms with Crippen molar-refractivity contribution in [3.63, 3.8) is 0 Å². The first-order chi connectivity index (χ1) is 7.01. The van der Waals surface area contributed by atoms with Crippen molar-refractivity contribution in [2.24, 2.45) is 11.7 Å². The summed E-state index contributed by atoms with van der Waals surface area (Å²) in [5.74, 6) is 0.696. The van der Waals surface area contributed by atoms with Gasteiger partial charge in [-0.05, 0) is 39.2 Å². The van der Waals surface area contributed by atoms with E-state index in [4.69, 9.17) is 5.73 Å². The first-order valence-corrected chi connectivity index (χ1v) is 6.73. The summed E-state index contributed by atoms with van der Waals surface area (Å²) < 4.78 is 2.37. The van der Waals surface area contributed by atoms with Crippen LogP contribution < -0.4 is 5.73 Å². The number of rotatable bonds is 7. The lowest BCUT2D eigenvalue weighted by Gasteiger charge is -2.20. The molecule has 2 nitrogen and oxygen atoms in total. The van der Waals surface area contributed by atoms with Crippen LogP contribution in [0.2, 0.25) is 0 Å². The van der Waals surface area contributed by atoms with Crippen molar-refractivity contribution < 1.29 is 0 Å². The average Bonchev–Trinajstić information content (AvgIpc) is 2.16. The van der Waals surface area contributed by atoms with Crippen LogP contribution in [0.3, 0.4) is 0 Å². The quantitative estimate of drug-likeness (QED) is 0.442. The first kappa shape index (κ1) is 15.4. The van der Waals surface area contributed by atoms with Crippen LogP contribution in [-0.4, -0.2) is 22.7 Å². The van der Waals surface area contributed by atoms with Crippen LogP contribution in [0.15, 0.2) is 11.1 Å². The normalized spacial score (nSPS) is 15.4. The Balaban J connectivity index is 3.98. The van der Waals surface area contributed by atoms with E-state index in [0.717, 1.165) is 32.5 Å². The third-order valence-electron chi connectivity index (χ3n) is 2.84. The van der Waals surface area contributed by atoms with E-state index in [0.29, 0.717) is 5.92 Å². The summed E-state index contributed by atoms with van der Waals surface area (Å²) in [6.45, 7) is 12.0. The van der Waals surface area contributed by atoms with Crippen LogP contribution >= 0.6 is 22.9 Å². The topological polar surface area (TPSA) is 29.3 Å².